The van der Waals surface area contributed by atoms with E-state index in [1.54, 1.807) is 23.0 Å². The first-order chi connectivity index (χ1) is 13.3. The third-order valence-electron chi connectivity index (χ3n) is 4.05. The standard InChI is InChI=1S/C18H15BrFN5O3/c1-10-3-4-11(7-13(10)17-14(19)9-21-24(17)2)22-18(26)23-12-5-6-15(20)16(8-12)25(27)28/h3-9H,1-2H3,(H2,22,23,26). The molecule has 0 saturated carbocycles. The van der Waals surface area contributed by atoms with E-state index < -0.39 is 22.5 Å². The van der Waals surface area contributed by atoms with Crippen molar-refractivity contribution in [2.45, 2.75) is 6.92 Å². The minimum atomic E-state index is -0.971. The minimum Gasteiger partial charge on any atom is -0.308 e. The maximum absolute atomic E-state index is 13.4. The van der Waals surface area contributed by atoms with Gasteiger partial charge in [-0.15, -0.1) is 0 Å². The van der Waals surface area contributed by atoms with Gasteiger partial charge in [0.25, 0.3) is 0 Å². The van der Waals surface area contributed by atoms with Crippen molar-refractivity contribution in [2.24, 2.45) is 7.05 Å². The Morgan fingerprint density at radius 3 is 2.46 bits per heavy atom. The number of amides is 2. The lowest BCUT2D eigenvalue weighted by molar-refractivity contribution is -0.387. The van der Waals surface area contributed by atoms with Crippen LogP contribution >= 0.6 is 15.9 Å². The van der Waals surface area contributed by atoms with Crippen molar-refractivity contribution in [3.8, 4) is 11.3 Å². The van der Waals surface area contributed by atoms with Gasteiger partial charge < -0.3 is 10.6 Å². The SMILES string of the molecule is Cc1ccc(NC(=O)Nc2ccc(F)c([N+](=O)[O-])c2)cc1-c1c(Br)cnn1C. The van der Waals surface area contributed by atoms with E-state index in [1.807, 2.05) is 20.0 Å². The van der Waals surface area contributed by atoms with Crippen molar-refractivity contribution in [1.29, 1.82) is 0 Å². The second-order valence-electron chi connectivity index (χ2n) is 6.00. The zero-order valence-corrected chi connectivity index (χ0v) is 16.4. The number of hydrogen-bond acceptors (Lipinski definition) is 4. The van der Waals surface area contributed by atoms with Gasteiger partial charge in [0.05, 0.1) is 21.3 Å². The second kappa shape index (κ2) is 7.77. The molecule has 0 spiro atoms. The number of nitro groups is 1. The van der Waals surface area contributed by atoms with Gasteiger partial charge in [-0.2, -0.15) is 9.49 Å². The van der Waals surface area contributed by atoms with Crippen LogP contribution in [0.5, 0.6) is 0 Å². The molecule has 1 aromatic heterocycles. The Bertz CT molecular complexity index is 1060. The number of nitro benzene ring substituents is 1. The molecule has 3 aromatic rings. The largest absolute Gasteiger partial charge is 0.323 e. The van der Waals surface area contributed by atoms with E-state index in [-0.39, 0.29) is 5.69 Å². The van der Waals surface area contributed by atoms with Crippen LogP contribution < -0.4 is 10.6 Å². The van der Waals surface area contributed by atoms with E-state index in [0.29, 0.717) is 5.69 Å². The van der Waals surface area contributed by atoms with Crippen molar-refractivity contribution in [1.82, 2.24) is 9.78 Å². The zero-order chi connectivity index (χ0) is 20.4. The molecular weight excluding hydrogens is 433 g/mol. The molecule has 8 nitrogen and oxygen atoms in total. The molecule has 2 aromatic carbocycles. The fraction of sp³-hybridized carbons (Fsp3) is 0.111. The van der Waals surface area contributed by atoms with Crippen molar-refractivity contribution in [3.63, 3.8) is 0 Å². The van der Waals surface area contributed by atoms with Gasteiger partial charge in [0.2, 0.25) is 5.82 Å². The van der Waals surface area contributed by atoms with Crippen LogP contribution in [0.2, 0.25) is 0 Å². The fourth-order valence-corrected chi connectivity index (χ4v) is 3.25. The second-order valence-corrected chi connectivity index (χ2v) is 6.85. The van der Waals surface area contributed by atoms with Crippen LogP contribution in [0.3, 0.4) is 0 Å². The first-order valence-electron chi connectivity index (χ1n) is 8.06. The smallest absolute Gasteiger partial charge is 0.308 e. The van der Waals surface area contributed by atoms with Crippen molar-refractivity contribution in [2.75, 3.05) is 10.6 Å². The Hall–Kier alpha value is -3.27. The van der Waals surface area contributed by atoms with Crippen LogP contribution in [-0.2, 0) is 7.05 Å². The number of carbonyl (C=O) groups is 1. The molecule has 0 saturated heterocycles. The topological polar surface area (TPSA) is 102 Å². The van der Waals surface area contributed by atoms with Crippen LogP contribution in [0.25, 0.3) is 11.3 Å². The van der Waals surface area contributed by atoms with E-state index in [4.69, 9.17) is 0 Å². The molecule has 2 N–H and O–H groups in total. The molecule has 10 heteroatoms. The number of aryl methyl sites for hydroxylation is 2. The number of carbonyl (C=O) groups excluding carboxylic acids is 1. The van der Waals surface area contributed by atoms with Crippen LogP contribution in [0.15, 0.2) is 47.1 Å². The molecule has 0 bridgehead atoms. The highest BCUT2D eigenvalue weighted by molar-refractivity contribution is 9.10. The van der Waals surface area contributed by atoms with E-state index in [0.717, 1.165) is 33.4 Å². The highest BCUT2D eigenvalue weighted by Crippen LogP contribution is 2.32. The summed E-state index contributed by atoms with van der Waals surface area (Å²) in [5.41, 5.74) is 2.63. The van der Waals surface area contributed by atoms with Gasteiger partial charge in [0.1, 0.15) is 0 Å². The Balaban J connectivity index is 1.81. The maximum atomic E-state index is 13.4. The number of rotatable bonds is 4. The molecular formula is C18H15BrFN5O3. The number of benzene rings is 2. The third-order valence-corrected chi connectivity index (χ3v) is 4.63. The lowest BCUT2D eigenvalue weighted by Crippen LogP contribution is -2.19. The Kier molecular flexibility index (Phi) is 5.41. The number of aromatic nitrogens is 2. The summed E-state index contributed by atoms with van der Waals surface area (Å²) < 4.78 is 15.9. The van der Waals surface area contributed by atoms with Gasteiger partial charge in [-0.25, -0.2) is 4.79 Å². The van der Waals surface area contributed by atoms with Crippen LogP contribution in [0, 0.1) is 22.9 Å². The van der Waals surface area contributed by atoms with Crippen molar-refractivity contribution >= 4 is 39.0 Å². The summed E-state index contributed by atoms with van der Waals surface area (Å²) in [4.78, 5) is 22.2. The number of nitrogens with zero attached hydrogens (tertiary/aromatic N) is 3. The van der Waals surface area contributed by atoms with Crippen LogP contribution in [0.4, 0.5) is 26.2 Å². The number of anilines is 2. The highest BCUT2D eigenvalue weighted by atomic mass is 79.9. The average molecular weight is 448 g/mol. The fourth-order valence-electron chi connectivity index (χ4n) is 2.69. The summed E-state index contributed by atoms with van der Waals surface area (Å²) in [5, 5.41) is 20.1. The summed E-state index contributed by atoms with van der Waals surface area (Å²) in [5.74, 6) is -0.971. The monoisotopic (exact) mass is 447 g/mol. The molecule has 0 atom stereocenters. The Morgan fingerprint density at radius 2 is 1.86 bits per heavy atom. The minimum absolute atomic E-state index is 0.104. The van der Waals surface area contributed by atoms with Crippen LogP contribution in [0.1, 0.15) is 5.56 Å². The normalized spacial score (nSPS) is 10.6. The summed E-state index contributed by atoms with van der Waals surface area (Å²) in [6.45, 7) is 1.94. The molecule has 28 heavy (non-hydrogen) atoms. The van der Waals surface area contributed by atoms with Gasteiger partial charge in [-0.3, -0.25) is 14.8 Å². The molecule has 0 aliphatic rings. The van der Waals surface area contributed by atoms with Crippen molar-refractivity contribution in [3.05, 3.63) is 68.6 Å². The Morgan fingerprint density at radius 1 is 1.21 bits per heavy atom. The number of hydrogen-bond donors (Lipinski definition) is 2. The summed E-state index contributed by atoms with van der Waals surface area (Å²) in [7, 11) is 1.81. The van der Waals surface area contributed by atoms with E-state index in [1.165, 1.54) is 6.07 Å². The summed E-state index contributed by atoms with van der Waals surface area (Å²) >= 11 is 3.46. The van der Waals surface area contributed by atoms with Gasteiger partial charge in [0.15, 0.2) is 0 Å². The first kappa shape index (κ1) is 19.5. The zero-order valence-electron chi connectivity index (χ0n) is 14.9. The first-order valence-corrected chi connectivity index (χ1v) is 8.86. The van der Waals surface area contributed by atoms with E-state index in [9.17, 15) is 19.3 Å². The summed E-state index contributed by atoms with van der Waals surface area (Å²) in [6.07, 6.45) is 1.68. The van der Waals surface area contributed by atoms with Crippen LogP contribution in [-0.4, -0.2) is 20.7 Å². The molecule has 3 rings (SSSR count). The number of halogens is 2. The number of nitrogens with one attached hydrogen (secondary N) is 2. The van der Waals surface area contributed by atoms with Gasteiger partial charge in [-0.1, -0.05) is 6.07 Å². The summed E-state index contributed by atoms with van der Waals surface area (Å²) in [6, 6.07) is 7.90. The predicted octanol–water partition coefficient (Wildman–Crippen LogP) is 4.85. The average Bonchev–Trinajstić information content (AvgIpc) is 2.96. The quantitative estimate of drug-likeness (QED) is 0.440. The number of urea groups is 1. The molecule has 1 heterocycles. The predicted molar refractivity (Wildman–Crippen MR) is 107 cm³/mol. The Labute approximate surface area is 167 Å². The molecule has 0 fully saturated rings. The maximum Gasteiger partial charge on any atom is 0.323 e. The molecule has 0 aliphatic heterocycles. The van der Waals surface area contributed by atoms with Gasteiger partial charge in [-0.05, 0) is 52.7 Å². The lowest BCUT2D eigenvalue weighted by atomic mass is 10.0. The molecule has 0 unspecified atom stereocenters. The van der Waals surface area contributed by atoms with Gasteiger partial charge in [0, 0.05) is 30.1 Å². The van der Waals surface area contributed by atoms with E-state index >= 15 is 0 Å². The molecule has 144 valence electrons. The third kappa shape index (κ3) is 4.01. The molecule has 0 radical (unpaired) electrons. The van der Waals surface area contributed by atoms with Crippen molar-refractivity contribution < 1.29 is 14.1 Å². The highest BCUT2D eigenvalue weighted by Gasteiger charge is 2.16. The molecule has 2 amide bonds. The van der Waals surface area contributed by atoms with E-state index in [2.05, 4.69) is 31.7 Å². The lowest BCUT2D eigenvalue weighted by Gasteiger charge is -2.12. The van der Waals surface area contributed by atoms with Gasteiger partial charge >= 0.3 is 11.7 Å². The molecule has 0 aliphatic carbocycles.